The summed E-state index contributed by atoms with van der Waals surface area (Å²) in [6.07, 6.45) is 3.50. The lowest BCUT2D eigenvalue weighted by Crippen LogP contribution is -2.05. The second-order valence-corrected chi connectivity index (χ2v) is 6.38. The van der Waals surface area contributed by atoms with Crippen LogP contribution in [0.1, 0.15) is 36.3 Å². The van der Waals surface area contributed by atoms with Crippen LogP contribution in [-0.4, -0.2) is 25.6 Å². The van der Waals surface area contributed by atoms with Gasteiger partial charge in [-0.15, -0.1) is 16.8 Å². The van der Waals surface area contributed by atoms with E-state index in [1.54, 1.807) is 12.1 Å². The molecule has 1 heterocycles. The highest BCUT2D eigenvalue weighted by molar-refractivity contribution is 7.99. The Balaban J connectivity index is 1.67. The van der Waals surface area contributed by atoms with E-state index in [-0.39, 0.29) is 5.82 Å². The molecule has 1 aliphatic rings. The van der Waals surface area contributed by atoms with Gasteiger partial charge in [-0.2, -0.15) is 0 Å². The van der Waals surface area contributed by atoms with Crippen molar-refractivity contribution in [2.75, 3.05) is 5.75 Å². The summed E-state index contributed by atoms with van der Waals surface area (Å²) in [4.78, 5) is 0. The molecule has 22 heavy (non-hydrogen) atoms. The topological polar surface area (TPSA) is 50.9 Å². The largest absolute Gasteiger partial charge is 0.388 e. The zero-order chi connectivity index (χ0) is 15.5. The number of allylic oxidation sites excluding steroid dienone is 1. The molecule has 0 amide bonds. The van der Waals surface area contributed by atoms with Crippen LogP contribution in [0.4, 0.5) is 4.39 Å². The maximum absolute atomic E-state index is 12.9. The summed E-state index contributed by atoms with van der Waals surface area (Å²) < 4.78 is 15.0. The van der Waals surface area contributed by atoms with Gasteiger partial charge in [0.05, 0.1) is 6.10 Å². The molecule has 2 aromatic rings. The van der Waals surface area contributed by atoms with E-state index in [1.165, 1.54) is 23.9 Å². The first kappa shape index (κ1) is 15.2. The van der Waals surface area contributed by atoms with Crippen LogP contribution in [0.5, 0.6) is 0 Å². The second kappa shape index (κ2) is 6.62. The van der Waals surface area contributed by atoms with Crippen molar-refractivity contribution in [3.05, 3.63) is 54.1 Å². The fourth-order valence-corrected chi connectivity index (χ4v) is 3.21. The van der Waals surface area contributed by atoms with Crippen molar-refractivity contribution in [3.63, 3.8) is 0 Å². The van der Waals surface area contributed by atoms with E-state index >= 15 is 0 Å². The predicted octanol–water partition coefficient (Wildman–Crippen LogP) is 3.31. The van der Waals surface area contributed by atoms with Crippen molar-refractivity contribution in [2.45, 2.75) is 36.6 Å². The number of benzene rings is 1. The van der Waals surface area contributed by atoms with Crippen LogP contribution in [0.15, 0.2) is 42.1 Å². The van der Waals surface area contributed by atoms with Gasteiger partial charge in [0, 0.05) is 18.2 Å². The van der Waals surface area contributed by atoms with Gasteiger partial charge < -0.3 is 9.67 Å². The smallest absolute Gasteiger partial charge is 0.191 e. The van der Waals surface area contributed by atoms with Gasteiger partial charge in [-0.25, -0.2) is 4.39 Å². The molecule has 0 bridgehead atoms. The average Bonchev–Trinajstić information content (AvgIpc) is 3.29. The summed E-state index contributed by atoms with van der Waals surface area (Å²) in [5.41, 5.74) is 0.700. The molecule has 1 atom stereocenters. The van der Waals surface area contributed by atoms with Crippen LogP contribution in [0.3, 0.4) is 0 Å². The monoisotopic (exact) mass is 319 g/mol. The Morgan fingerprint density at radius 1 is 1.36 bits per heavy atom. The molecule has 3 rings (SSSR count). The molecule has 1 saturated carbocycles. The van der Waals surface area contributed by atoms with Crippen LogP contribution in [0.2, 0.25) is 0 Å². The van der Waals surface area contributed by atoms with E-state index in [0.717, 1.165) is 23.8 Å². The molecule has 1 aromatic heterocycles. The number of nitrogens with zero attached hydrogens (tertiary/aromatic N) is 3. The van der Waals surface area contributed by atoms with Gasteiger partial charge in [0.15, 0.2) is 5.16 Å². The Bertz CT molecular complexity index is 652. The Labute approximate surface area is 133 Å². The van der Waals surface area contributed by atoms with Crippen LogP contribution in [-0.2, 0) is 6.54 Å². The molecular formula is C16H18FN3OS. The van der Waals surface area contributed by atoms with Crippen LogP contribution >= 0.6 is 11.8 Å². The predicted molar refractivity (Wildman–Crippen MR) is 84.3 cm³/mol. The first-order chi connectivity index (χ1) is 10.7. The van der Waals surface area contributed by atoms with Gasteiger partial charge in [-0.05, 0) is 30.5 Å². The molecule has 1 unspecified atom stereocenters. The van der Waals surface area contributed by atoms with E-state index < -0.39 is 6.10 Å². The van der Waals surface area contributed by atoms with Gasteiger partial charge in [-0.1, -0.05) is 30.0 Å². The van der Waals surface area contributed by atoms with Gasteiger partial charge in [0.25, 0.3) is 0 Å². The number of hydrogen-bond acceptors (Lipinski definition) is 4. The van der Waals surface area contributed by atoms with Crippen molar-refractivity contribution >= 4 is 11.8 Å². The summed E-state index contributed by atoms with van der Waals surface area (Å²) in [7, 11) is 0. The summed E-state index contributed by atoms with van der Waals surface area (Å²) in [6, 6.07) is 5.92. The second-order valence-electron chi connectivity index (χ2n) is 5.39. The van der Waals surface area contributed by atoms with Crippen LogP contribution < -0.4 is 0 Å². The normalized spacial score (nSPS) is 15.7. The standard InChI is InChI=1S/C16H18FN3OS/c1-2-9-20-15(12-3-4-12)18-19-16(20)22-10-14(21)11-5-7-13(17)8-6-11/h2,5-8,12,14,21H,1,3-4,9-10H2. The average molecular weight is 319 g/mol. The summed E-state index contributed by atoms with van der Waals surface area (Å²) in [6.45, 7) is 4.45. The Hall–Kier alpha value is -1.66. The molecule has 4 nitrogen and oxygen atoms in total. The number of thioether (sulfide) groups is 1. The third-order valence-corrected chi connectivity index (χ3v) is 4.67. The van der Waals surface area contributed by atoms with Gasteiger partial charge >= 0.3 is 0 Å². The maximum Gasteiger partial charge on any atom is 0.191 e. The number of halogens is 1. The summed E-state index contributed by atoms with van der Waals surface area (Å²) in [5.74, 6) is 1.68. The first-order valence-electron chi connectivity index (χ1n) is 7.29. The Morgan fingerprint density at radius 3 is 2.73 bits per heavy atom. The lowest BCUT2D eigenvalue weighted by Gasteiger charge is -2.11. The SMILES string of the molecule is C=CCn1c(SCC(O)c2ccc(F)cc2)nnc1C1CC1. The van der Waals surface area contributed by atoms with E-state index in [4.69, 9.17) is 0 Å². The van der Waals surface area contributed by atoms with Crippen molar-refractivity contribution in [2.24, 2.45) is 0 Å². The lowest BCUT2D eigenvalue weighted by molar-refractivity contribution is 0.204. The number of rotatable bonds is 7. The first-order valence-corrected chi connectivity index (χ1v) is 8.28. The Morgan fingerprint density at radius 2 is 2.09 bits per heavy atom. The molecule has 6 heteroatoms. The third-order valence-electron chi connectivity index (χ3n) is 3.62. The minimum atomic E-state index is -0.663. The van der Waals surface area contributed by atoms with Crippen molar-refractivity contribution in [1.82, 2.24) is 14.8 Å². The number of aliphatic hydroxyl groups excluding tert-OH is 1. The number of aromatic nitrogens is 3. The zero-order valence-electron chi connectivity index (χ0n) is 12.2. The van der Waals surface area contributed by atoms with Crippen molar-refractivity contribution in [1.29, 1.82) is 0 Å². The minimum absolute atomic E-state index is 0.302. The third kappa shape index (κ3) is 3.39. The number of aliphatic hydroxyl groups is 1. The molecular weight excluding hydrogens is 301 g/mol. The molecule has 0 aliphatic heterocycles. The molecule has 1 fully saturated rings. The van der Waals surface area contributed by atoms with Gasteiger partial charge in [0.2, 0.25) is 0 Å². The highest BCUT2D eigenvalue weighted by Crippen LogP contribution is 2.40. The van der Waals surface area contributed by atoms with E-state index in [9.17, 15) is 9.50 Å². The minimum Gasteiger partial charge on any atom is -0.388 e. The van der Waals surface area contributed by atoms with E-state index in [2.05, 4.69) is 21.3 Å². The maximum atomic E-state index is 12.9. The molecule has 0 radical (unpaired) electrons. The van der Waals surface area contributed by atoms with E-state index in [0.29, 0.717) is 23.8 Å². The molecule has 116 valence electrons. The molecule has 1 aliphatic carbocycles. The highest BCUT2D eigenvalue weighted by Gasteiger charge is 2.30. The summed E-state index contributed by atoms with van der Waals surface area (Å²) >= 11 is 1.46. The van der Waals surface area contributed by atoms with Gasteiger partial charge in [-0.3, -0.25) is 0 Å². The summed E-state index contributed by atoms with van der Waals surface area (Å²) in [5, 5.41) is 19.5. The van der Waals surface area contributed by atoms with Crippen molar-refractivity contribution in [3.8, 4) is 0 Å². The molecule has 1 aromatic carbocycles. The Kier molecular flexibility index (Phi) is 4.59. The van der Waals surface area contributed by atoms with Crippen LogP contribution in [0, 0.1) is 5.82 Å². The van der Waals surface area contributed by atoms with Crippen LogP contribution in [0.25, 0.3) is 0 Å². The molecule has 1 N–H and O–H groups in total. The number of hydrogen-bond donors (Lipinski definition) is 1. The van der Waals surface area contributed by atoms with E-state index in [1.807, 2.05) is 6.08 Å². The fraction of sp³-hybridized carbons (Fsp3) is 0.375. The molecule has 0 saturated heterocycles. The highest BCUT2D eigenvalue weighted by atomic mass is 32.2. The quantitative estimate of drug-likeness (QED) is 0.628. The zero-order valence-corrected chi connectivity index (χ0v) is 13.0. The lowest BCUT2D eigenvalue weighted by atomic mass is 10.1. The molecule has 0 spiro atoms. The van der Waals surface area contributed by atoms with Gasteiger partial charge in [0.1, 0.15) is 11.6 Å². The van der Waals surface area contributed by atoms with Crippen molar-refractivity contribution < 1.29 is 9.50 Å². The fourth-order valence-electron chi connectivity index (χ4n) is 2.29.